The fourth-order valence-electron chi connectivity index (χ4n) is 2.22. The topological polar surface area (TPSA) is 58.2 Å². The normalized spacial score (nSPS) is 9.52. The highest BCUT2D eigenvalue weighted by atomic mass is 16.2. The molecular weight excluding hydrogens is 288 g/mol. The molecule has 0 atom stereocenters. The van der Waals surface area contributed by atoms with Gasteiger partial charge in [0.15, 0.2) is 0 Å². The van der Waals surface area contributed by atoms with Gasteiger partial charge in [-0.3, -0.25) is 9.59 Å². The predicted octanol–water partition coefficient (Wildman–Crippen LogP) is 3.25. The van der Waals surface area contributed by atoms with Crippen molar-refractivity contribution in [3.8, 4) is 11.8 Å². The monoisotopic (exact) mass is 306 g/mol. The molecule has 116 valence electrons. The maximum absolute atomic E-state index is 11.9. The average Bonchev–Trinajstić information content (AvgIpc) is 2.50. The van der Waals surface area contributed by atoms with E-state index in [1.54, 1.807) is 12.1 Å². The molecule has 2 aromatic carbocycles. The lowest BCUT2D eigenvalue weighted by molar-refractivity contribution is -0.114. The van der Waals surface area contributed by atoms with E-state index in [-0.39, 0.29) is 11.8 Å². The molecule has 0 aliphatic rings. The van der Waals surface area contributed by atoms with Crippen LogP contribution in [0.1, 0.15) is 23.6 Å². The number of hydrogen-bond donors (Lipinski definition) is 2. The molecule has 4 heteroatoms. The van der Waals surface area contributed by atoms with Crippen molar-refractivity contribution in [2.45, 2.75) is 20.8 Å². The Kier molecular flexibility index (Phi) is 5.16. The van der Waals surface area contributed by atoms with Crippen LogP contribution in [0.4, 0.5) is 11.4 Å². The summed E-state index contributed by atoms with van der Waals surface area (Å²) in [7, 11) is 0. The van der Waals surface area contributed by atoms with Crippen molar-refractivity contribution in [1.29, 1.82) is 0 Å². The van der Waals surface area contributed by atoms with E-state index in [1.165, 1.54) is 6.92 Å². The number of benzene rings is 2. The predicted molar refractivity (Wildman–Crippen MR) is 92.2 cm³/mol. The molecule has 0 unspecified atom stereocenters. The number of carbonyl (C=O) groups excluding carboxylic acids is 2. The minimum Gasteiger partial charge on any atom is -0.326 e. The van der Waals surface area contributed by atoms with Crippen LogP contribution in [-0.4, -0.2) is 11.8 Å². The van der Waals surface area contributed by atoms with Gasteiger partial charge in [0.25, 0.3) is 0 Å². The molecule has 2 aromatic rings. The standard InChI is InChI=1S/C19H18N2O2/c1-13-11-17(12-14(2)19(13)20-15(3)22)21-18(23)10-9-16-7-5-4-6-8-16/h4-8,11-12H,1-3H3,(H,20,22)(H,21,23). The van der Waals surface area contributed by atoms with E-state index >= 15 is 0 Å². The number of anilines is 2. The van der Waals surface area contributed by atoms with E-state index in [1.807, 2.05) is 44.2 Å². The van der Waals surface area contributed by atoms with Crippen molar-refractivity contribution in [3.63, 3.8) is 0 Å². The largest absolute Gasteiger partial charge is 0.326 e. The van der Waals surface area contributed by atoms with Crippen LogP contribution in [-0.2, 0) is 9.59 Å². The lowest BCUT2D eigenvalue weighted by Crippen LogP contribution is -2.11. The Bertz CT molecular complexity index is 776. The van der Waals surface area contributed by atoms with Gasteiger partial charge < -0.3 is 10.6 Å². The summed E-state index contributed by atoms with van der Waals surface area (Å²) in [6, 6.07) is 12.9. The van der Waals surface area contributed by atoms with E-state index in [2.05, 4.69) is 22.5 Å². The molecule has 0 heterocycles. The Hall–Kier alpha value is -3.06. The third-order valence-electron chi connectivity index (χ3n) is 3.19. The summed E-state index contributed by atoms with van der Waals surface area (Å²) in [5, 5.41) is 5.54. The highest BCUT2D eigenvalue weighted by Gasteiger charge is 2.07. The number of aryl methyl sites for hydroxylation is 2. The summed E-state index contributed by atoms with van der Waals surface area (Å²) in [4.78, 5) is 23.1. The molecule has 0 saturated carbocycles. The molecular formula is C19H18N2O2. The Labute approximate surface area is 135 Å². The summed E-state index contributed by atoms with van der Waals surface area (Å²) in [5.74, 6) is 4.88. The second-order valence-electron chi connectivity index (χ2n) is 5.24. The van der Waals surface area contributed by atoms with Gasteiger partial charge in [0.05, 0.1) is 0 Å². The van der Waals surface area contributed by atoms with Crippen LogP contribution in [0, 0.1) is 25.7 Å². The first kappa shape index (κ1) is 16.3. The summed E-state index contributed by atoms with van der Waals surface area (Å²) < 4.78 is 0. The van der Waals surface area contributed by atoms with Crippen molar-refractivity contribution in [1.82, 2.24) is 0 Å². The van der Waals surface area contributed by atoms with Gasteiger partial charge in [0.1, 0.15) is 0 Å². The molecule has 4 nitrogen and oxygen atoms in total. The van der Waals surface area contributed by atoms with E-state index < -0.39 is 0 Å². The highest BCUT2D eigenvalue weighted by molar-refractivity contribution is 6.04. The first-order valence-corrected chi connectivity index (χ1v) is 7.22. The summed E-state index contributed by atoms with van der Waals surface area (Å²) >= 11 is 0. The molecule has 2 N–H and O–H groups in total. The van der Waals surface area contributed by atoms with Crippen molar-refractivity contribution in [2.24, 2.45) is 0 Å². The van der Waals surface area contributed by atoms with Gasteiger partial charge in [-0.25, -0.2) is 0 Å². The van der Waals surface area contributed by atoms with Crippen molar-refractivity contribution >= 4 is 23.2 Å². The molecule has 23 heavy (non-hydrogen) atoms. The van der Waals surface area contributed by atoms with Crippen LogP contribution in [0.15, 0.2) is 42.5 Å². The minimum atomic E-state index is -0.375. The van der Waals surface area contributed by atoms with Gasteiger partial charge in [-0.2, -0.15) is 0 Å². The van der Waals surface area contributed by atoms with E-state index in [9.17, 15) is 9.59 Å². The number of rotatable bonds is 2. The first-order valence-electron chi connectivity index (χ1n) is 7.22. The van der Waals surface area contributed by atoms with E-state index in [0.717, 1.165) is 22.4 Å². The Balaban J connectivity index is 2.13. The number of carbonyl (C=O) groups is 2. The minimum absolute atomic E-state index is 0.123. The Morgan fingerprint density at radius 3 is 2.13 bits per heavy atom. The van der Waals surface area contributed by atoms with Crippen molar-refractivity contribution in [3.05, 3.63) is 59.2 Å². The highest BCUT2D eigenvalue weighted by Crippen LogP contribution is 2.24. The maximum Gasteiger partial charge on any atom is 0.300 e. The fourth-order valence-corrected chi connectivity index (χ4v) is 2.22. The van der Waals surface area contributed by atoms with Crippen LogP contribution in [0.25, 0.3) is 0 Å². The van der Waals surface area contributed by atoms with Gasteiger partial charge in [-0.05, 0) is 49.2 Å². The summed E-state index contributed by atoms with van der Waals surface area (Å²) in [5.41, 5.74) is 3.97. The van der Waals surface area contributed by atoms with Gasteiger partial charge in [-0.1, -0.05) is 24.1 Å². The number of hydrogen-bond acceptors (Lipinski definition) is 2. The number of amides is 2. The second kappa shape index (κ2) is 7.28. The summed E-state index contributed by atoms with van der Waals surface area (Å²) in [6.07, 6.45) is 0. The lowest BCUT2D eigenvalue weighted by Gasteiger charge is -2.12. The van der Waals surface area contributed by atoms with Crippen LogP contribution in [0.2, 0.25) is 0 Å². The lowest BCUT2D eigenvalue weighted by atomic mass is 10.1. The third-order valence-corrected chi connectivity index (χ3v) is 3.19. The molecule has 2 rings (SSSR count). The second-order valence-corrected chi connectivity index (χ2v) is 5.24. The molecule has 0 aliphatic heterocycles. The molecule has 2 amide bonds. The molecule has 0 saturated heterocycles. The van der Waals surface area contributed by atoms with Crippen LogP contribution in [0.3, 0.4) is 0 Å². The van der Waals surface area contributed by atoms with Gasteiger partial charge in [-0.15, -0.1) is 0 Å². The van der Waals surface area contributed by atoms with Crippen LogP contribution < -0.4 is 10.6 Å². The van der Waals surface area contributed by atoms with Gasteiger partial charge in [0.2, 0.25) is 5.91 Å². The molecule has 0 aliphatic carbocycles. The van der Waals surface area contributed by atoms with Gasteiger partial charge in [0, 0.05) is 29.8 Å². The average molecular weight is 306 g/mol. The zero-order chi connectivity index (χ0) is 16.8. The van der Waals surface area contributed by atoms with E-state index in [0.29, 0.717) is 5.69 Å². The fraction of sp³-hybridized carbons (Fsp3) is 0.158. The summed E-state index contributed by atoms with van der Waals surface area (Å²) in [6.45, 7) is 5.22. The first-order chi connectivity index (χ1) is 11.0. The molecule has 0 radical (unpaired) electrons. The smallest absolute Gasteiger partial charge is 0.300 e. The Morgan fingerprint density at radius 2 is 1.57 bits per heavy atom. The van der Waals surface area contributed by atoms with E-state index in [4.69, 9.17) is 0 Å². The SMILES string of the molecule is CC(=O)Nc1c(C)cc(NC(=O)C#Cc2ccccc2)cc1C. The van der Waals surface area contributed by atoms with Crippen LogP contribution in [0.5, 0.6) is 0 Å². The zero-order valence-corrected chi connectivity index (χ0v) is 13.4. The quantitative estimate of drug-likeness (QED) is 0.837. The number of nitrogens with one attached hydrogen (secondary N) is 2. The molecule has 0 spiro atoms. The zero-order valence-electron chi connectivity index (χ0n) is 13.4. The third kappa shape index (κ3) is 4.72. The van der Waals surface area contributed by atoms with Gasteiger partial charge >= 0.3 is 5.91 Å². The maximum atomic E-state index is 11.9. The Morgan fingerprint density at radius 1 is 0.957 bits per heavy atom. The molecule has 0 aromatic heterocycles. The molecule has 0 bridgehead atoms. The van der Waals surface area contributed by atoms with Crippen LogP contribution >= 0.6 is 0 Å². The van der Waals surface area contributed by atoms with Crippen molar-refractivity contribution in [2.75, 3.05) is 10.6 Å². The van der Waals surface area contributed by atoms with Crippen molar-refractivity contribution < 1.29 is 9.59 Å². The molecule has 0 fully saturated rings.